The summed E-state index contributed by atoms with van der Waals surface area (Å²) < 4.78 is 4.99. The second-order valence-electron chi connectivity index (χ2n) is 9.79. The Bertz CT molecular complexity index is 1370. The van der Waals surface area contributed by atoms with Crippen LogP contribution in [0.25, 0.3) is 34.0 Å². The maximum absolute atomic E-state index is 13.5. The van der Waals surface area contributed by atoms with Crippen LogP contribution >= 0.6 is 0 Å². The molecule has 3 heterocycles. The fourth-order valence-electron chi connectivity index (χ4n) is 4.90. The molecule has 2 aromatic heterocycles. The lowest BCUT2D eigenvalue weighted by molar-refractivity contribution is -0.881. The molecule has 4 aromatic rings. The number of nitrogens with zero attached hydrogens (tertiary/aromatic N) is 3. The molecule has 2 aromatic carbocycles. The van der Waals surface area contributed by atoms with E-state index in [-0.39, 0.29) is 5.78 Å². The number of benzene rings is 2. The van der Waals surface area contributed by atoms with Crippen LogP contribution in [0.3, 0.4) is 0 Å². The predicted octanol–water partition coefficient (Wildman–Crippen LogP) is 3.77. The van der Waals surface area contributed by atoms with Gasteiger partial charge in [0.2, 0.25) is 11.0 Å². The second kappa shape index (κ2) is 8.05. The van der Waals surface area contributed by atoms with Crippen LogP contribution in [0.4, 0.5) is 0 Å². The molecule has 0 N–H and O–H groups in total. The molecule has 0 bridgehead atoms. The number of likely N-dealkylation sites (tertiary alicyclic amines) is 1. The number of quaternary nitrogens is 1. The summed E-state index contributed by atoms with van der Waals surface area (Å²) in [4.78, 5) is 13.5. The van der Waals surface area contributed by atoms with Gasteiger partial charge in [0.05, 0.1) is 25.2 Å². The van der Waals surface area contributed by atoms with Crippen LogP contribution < -0.4 is 9.13 Å². The molecule has 33 heavy (non-hydrogen) atoms. The molecule has 0 amide bonds. The highest BCUT2D eigenvalue weighted by molar-refractivity contribution is 6.14. The first-order chi connectivity index (χ1) is 15.8. The normalized spacial score (nSPS) is 18.5. The van der Waals surface area contributed by atoms with Gasteiger partial charge < -0.3 is 4.48 Å². The lowest BCUT2D eigenvalue weighted by Gasteiger charge is -2.35. The Morgan fingerprint density at radius 2 is 1.18 bits per heavy atom. The Balaban J connectivity index is 1.53. The third-order valence-electron chi connectivity index (χ3n) is 6.50. The zero-order valence-corrected chi connectivity index (χ0v) is 19.7. The van der Waals surface area contributed by atoms with Crippen molar-refractivity contribution in [2.75, 3.05) is 27.2 Å². The number of carbonyl (C=O) groups is 1. The van der Waals surface area contributed by atoms with Crippen LogP contribution in [0.15, 0.2) is 84.2 Å². The number of ketones is 1. The summed E-state index contributed by atoms with van der Waals surface area (Å²) in [7, 11) is 8.48. The fraction of sp³-hybridized carbons (Fsp3) is 0.207. The summed E-state index contributed by atoms with van der Waals surface area (Å²) in [5.74, 6) is 0.157. The Hall–Kier alpha value is -3.63. The predicted molar refractivity (Wildman–Crippen MR) is 133 cm³/mol. The van der Waals surface area contributed by atoms with Crippen molar-refractivity contribution in [3.8, 4) is 0 Å². The maximum Gasteiger partial charge on any atom is 0.212 e. The lowest BCUT2D eigenvalue weighted by Crippen LogP contribution is -2.48. The topological polar surface area (TPSA) is 24.8 Å². The van der Waals surface area contributed by atoms with E-state index in [1.54, 1.807) is 0 Å². The molecule has 0 radical (unpaired) electrons. The molecule has 0 aliphatic carbocycles. The summed E-state index contributed by atoms with van der Waals surface area (Å²) in [6.07, 6.45) is 8.24. The highest BCUT2D eigenvalue weighted by atomic mass is 16.1. The first-order valence-corrected chi connectivity index (χ1v) is 11.3. The van der Waals surface area contributed by atoms with Crippen molar-refractivity contribution in [2.24, 2.45) is 14.1 Å². The number of rotatable bonds is 2. The first-order valence-electron chi connectivity index (χ1n) is 11.3. The minimum Gasteiger partial charge on any atom is -0.321 e. The van der Waals surface area contributed by atoms with Gasteiger partial charge in [-0.1, -0.05) is 0 Å². The van der Waals surface area contributed by atoms with Gasteiger partial charge in [0.1, 0.15) is 27.2 Å². The van der Waals surface area contributed by atoms with Crippen LogP contribution in [0.5, 0.6) is 0 Å². The number of piperidine rings is 1. The summed E-state index contributed by atoms with van der Waals surface area (Å²) in [5, 5.41) is 2.35. The Morgan fingerprint density at radius 3 is 1.64 bits per heavy atom. The summed E-state index contributed by atoms with van der Waals surface area (Å²) in [6.45, 7) is 1.45. The number of aryl methyl sites for hydroxylation is 2. The zero-order valence-electron chi connectivity index (χ0n) is 19.7. The van der Waals surface area contributed by atoms with Gasteiger partial charge in [0, 0.05) is 35.0 Å². The quantitative estimate of drug-likeness (QED) is 0.267. The molecule has 5 rings (SSSR count). The largest absolute Gasteiger partial charge is 0.321 e. The molecule has 1 aliphatic rings. The minimum atomic E-state index is 0.157. The maximum atomic E-state index is 13.5. The average Bonchev–Trinajstić information content (AvgIpc) is 2.77. The SMILES string of the molecule is C[n+]1cccc2cc(/C=C3\C[N+](C)(C)C/C(=C\c4ccc5c(ccc[n+]5C)c4)C3=O)ccc21. The minimum absolute atomic E-state index is 0.157. The molecular weight excluding hydrogens is 406 g/mol. The monoisotopic (exact) mass is 436 g/mol. The molecule has 1 saturated heterocycles. The van der Waals surface area contributed by atoms with E-state index in [1.807, 2.05) is 0 Å². The van der Waals surface area contributed by atoms with E-state index in [0.29, 0.717) is 0 Å². The van der Waals surface area contributed by atoms with Crippen molar-refractivity contribution in [1.29, 1.82) is 0 Å². The third-order valence-corrected chi connectivity index (χ3v) is 6.50. The van der Waals surface area contributed by atoms with Gasteiger partial charge in [-0.25, -0.2) is 9.13 Å². The van der Waals surface area contributed by atoms with E-state index in [4.69, 9.17) is 0 Å². The summed E-state index contributed by atoms with van der Waals surface area (Å²) in [5.41, 5.74) is 6.22. The van der Waals surface area contributed by atoms with Crippen LogP contribution in [0.2, 0.25) is 0 Å². The van der Waals surface area contributed by atoms with Crippen LogP contribution in [-0.4, -0.2) is 37.5 Å². The van der Waals surface area contributed by atoms with Crippen LogP contribution in [0.1, 0.15) is 11.1 Å². The van der Waals surface area contributed by atoms with Gasteiger partial charge in [-0.2, -0.15) is 0 Å². The molecule has 0 saturated carbocycles. The standard InChI is InChI=1S/C29H30N3O/c1-30-13-5-7-23-15-21(9-11-27(23)30)17-25-19-32(3,4)20-26(29(25)33)18-22-10-12-28-24(16-22)8-6-14-31(28)2/h5-18H,19-20H2,1-4H3/q+3/b25-17+,26-18+. The number of pyridine rings is 2. The van der Waals surface area contributed by atoms with E-state index < -0.39 is 0 Å². The Kier molecular flexibility index (Phi) is 5.18. The van der Waals surface area contributed by atoms with Gasteiger partial charge >= 0.3 is 0 Å². The third kappa shape index (κ3) is 4.22. The van der Waals surface area contributed by atoms with Crippen molar-refractivity contribution in [1.82, 2.24) is 0 Å². The van der Waals surface area contributed by atoms with Gasteiger partial charge in [-0.15, -0.1) is 0 Å². The van der Waals surface area contributed by atoms with E-state index >= 15 is 0 Å². The van der Waals surface area contributed by atoms with Crippen molar-refractivity contribution < 1.29 is 18.4 Å². The fourth-order valence-corrected chi connectivity index (χ4v) is 4.90. The van der Waals surface area contributed by atoms with Gasteiger partial charge in [0.25, 0.3) is 0 Å². The number of fused-ring (bicyclic) bond motifs is 2. The molecule has 164 valence electrons. The molecule has 0 unspecified atom stereocenters. The number of aromatic nitrogens is 2. The van der Waals surface area contributed by atoms with Crippen molar-refractivity contribution >= 4 is 39.7 Å². The summed E-state index contributed by atoms with van der Waals surface area (Å²) in [6, 6.07) is 21.1. The van der Waals surface area contributed by atoms with E-state index in [9.17, 15) is 4.79 Å². The number of carbonyl (C=O) groups excluding carboxylic acids is 1. The number of likely N-dealkylation sites (N-methyl/N-ethyl adjacent to an activating group) is 1. The van der Waals surface area contributed by atoms with E-state index in [0.717, 1.165) is 39.8 Å². The first kappa shape index (κ1) is 21.2. The van der Waals surface area contributed by atoms with Crippen LogP contribution in [-0.2, 0) is 18.9 Å². The van der Waals surface area contributed by atoms with Gasteiger partial charge in [-0.3, -0.25) is 4.79 Å². The van der Waals surface area contributed by atoms with E-state index in [2.05, 4.69) is 123 Å². The molecular formula is C29H30N3O+3. The van der Waals surface area contributed by atoms with Gasteiger partial charge in [-0.05, 0) is 59.7 Å². The smallest absolute Gasteiger partial charge is 0.212 e. The number of hydrogen-bond acceptors (Lipinski definition) is 1. The summed E-state index contributed by atoms with van der Waals surface area (Å²) >= 11 is 0. The molecule has 4 nitrogen and oxygen atoms in total. The number of hydrogen-bond donors (Lipinski definition) is 0. The van der Waals surface area contributed by atoms with Crippen molar-refractivity contribution in [3.05, 3.63) is 95.3 Å². The van der Waals surface area contributed by atoms with Crippen molar-refractivity contribution in [3.63, 3.8) is 0 Å². The van der Waals surface area contributed by atoms with Crippen molar-refractivity contribution in [2.45, 2.75) is 0 Å². The second-order valence-corrected chi connectivity index (χ2v) is 9.79. The molecule has 4 heteroatoms. The Labute approximate surface area is 194 Å². The zero-order chi connectivity index (χ0) is 23.2. The van der Waals surface area contributed by atoms with E-state index in [1.165, 1.54) is 21.8 Å². The molecule has 0 spiro atoms. The molecule has 1 fully saturated rings. The molecule has 1 aliphatic heterocycles. The molecule has 0 atom stereocenters. The van der Waals surface area contributed by atoms with Gasteiger partial charge in [0.15, 0.2) is 18.2 Å². The van der Waals surface area contributed by atoms with Crippen LogP contribution in [0, 0.1) is 0 Å². The average molecular weight is 437 g/mol. The lowest BCUT2D eigenvalue weighted by atomic mass is 9.93. The highest BCUT2D eigenvalue weighted by Gasteiger charge is 2.33. The number of Topliss-reactive ketones (excluding diaryl/α,β-unsaturated/α-hetero) is 1. The highest BCUT2D eigenvalue weighted by Crippen LogP contribution is 2.26. The Morgan fingerprint density at radius 1 is 0.727 bits per heavy atom.